The first-order chi connectivity index (χ1) is 9.77. The fourth-order valence-electron chi connectivity index (χ4n) is 2.48. The van der Waals surface area contributed by atoms with Crippen molar-refractivity contribution in [2.45, 2.75) is 84.1 Å². The molecule has 1 aliphatic carbocycles. The van der Waals surface area contributed by atoms with Crippen LogP contribution in [0.2, 0.25) is 0 Å². The standard InChI is InChI=1S/C17H33NO2/c1-3-5-6-7-8-9-10-11-16(17(19)20-4-2)18-14-15-12-13-15/h15-16,18H,3-14H2,1-2H3. The van der Waals surface area contributed by atoms with Gasteiger partial charge >= 0.3 is 5.97 Å². The summed E-state index contributed by atoms with van der Waals surface area (Å²) in [6, 6.07) is -0.0776. The predicted molar refractivity (Wildman–Crippen MR) is 83.8 cm³/mol. The van der Waals surface area contributed by atoms with Crippen molar-refractivity contribution in [1.29, 1.82) is 0 Å². The van der Waals surface area contributed by atoms with Gasteiger partial charge in [-0.25, -0.2) is 0 Å². The molecule has 1 atom stereocenters. The second-order valence-corrected chi connectivity index (χ2v) is 6.07. The molecule has 0 radical (unpaired) electrons. The summed E-state index contributed by atoms with van der Waals surface area (Å²) < 4.78 is 5.17. The molecule has 3 nitrogen and oxygen atoms in total. The lowest BCUT2D eigenvalue weighted by Crippen LogP contribution is -2.39. The van der Waals surface area contributed by atoms with Crippen LogP contribution in [0.25, 0.3) is 0 Å². The van der Waals surface area contributed by atoms with Gasteiger partial charge in [-0.3, -0.25) is 4.79 Å². The normalized spacial score (nSPS) is 16.1. The smallest absolute Gasteiger partial charge is 0.323 e. The highest BCUT2D eigenvalue weighted by molar-refractivity contribution is 5.75. The van der Waals surface area contributed by atoms with E-state index in [2.05, 4.69) is 12.2 Å². The second kappa shape index (κ2) is 11.1. The Balaban J connectivity index is 2.09. The lowest BCUT2D eigenvalue weighted by Gasteiger charge is -2.17. The first-order valence-corrected chi connectivity index (χ1v) is 8.68. The third-order valence-electron chi connectivity index (χ3n) is 4.02. The third-order valence-corrected chi connectivity index (χ3v) is 4.02. The first kappa shape index (κ1) is 17.5. The zero-order valence-corrected chi connectivity index (χ0v) is 13.5. The molecule has 0 heterocycles. The van der Waals surface area contributed by atoms with Crippen molar-refractivity contribution in [3.8, 4) is 0 Å². The molecule has 1 rings (SSSR count). The minimum absolute atomic E-state index is 0.0564. The van der Waals surface area contributed by atoms with E-state index in [1.54, 1.807) is 0 Å². The summed E-state index contributed by atoms with van der Waals surface area (Å²) in [4.78, 5) is 11.9. The van der Waals surface area contributed by atoms with Gasteiger partial charge in [0.2, 0.25) is 0 Å². The highest BCUT2D eigenvalue weighted by Crippen LogP contribution is 2.27. The highest BCUT2D eigenvalue weighted by atomic mass is 16.5. The molecule has 118 valence electrons. The Morgan fingerprint density at radius 3 is 2.35 bits per heavy atom. The molecular formula is C17H33NO2. The van der Waals surface area contributed by atoms with Crippen LogP contribution >= 0.6 is 0 Å². The van der Waals surface area contributed by atoms with Gasteiger partial charge in [-0.05, 0) is 38.6 Å². The van der Waals surface area contributed by atoms with Gasteiger partial charge in [-0.15, -0.1) is 0 Å². The van der Waals surface area contributed by atoms with Crippen LogP contribution in [0, 0.1) is 5.92 Å². The van der Waals surface area contributed by atoms with E-state index < -0.39 is 0 Å². The number of carbonyl (C=O) groups excluding carboxylic acids is 1. The molecule has 1 saturated carbocycles. The number of ether oxygens (including phenoxy) is 1. The average molecular weight is 283 g/mol. The fourth-order valence-corrected chi connectivity index (χ4v) is 2.48. The lowest BCUT2D eigenvalue weighted by molar-refractivity contribution is -0.145. The molecule has 1 unspecified atom stereocenters. The Morgan fingerprint density at radius 1 is 1.10 bits per heavy atom. The van der Waals surface area contributed by atoms with Gasteiger partial charge in [0, 0.05) is 0 Å². The van der Waals surface area contributed by atoms with Gasteiger partial charge < -0.3 is 10.1 Å². The van der Waals surface area contributed by atoms with Gasteiger partial charge in [-0.1, -0.05) is 51.9 Å². The van der Waals surface area contributed by atoms with E-state index in [9.17, 15) is 4.79 Å². The zero-order chi connectivity index (χ0) is 14.6. The van der Waals surface area contributed by atoms with Crippen LogP contribution in [0.4, 0.5) is 0 Å². The lowest BCUT2D eigenvalue weighted by atomic mass is 10.0. The minimum atomic E-state index is -0.0776. The minimum Gasteiger partial charge on any atom is -0.465 e. The molecule has 0 spiro atoms. The van der Waals surface area contributed by atoms with Crippen LogP contribution < -0.4 is 5.32 Å². The Kier molecular flexibility index (Phi) is 9.73. The third kappa shape index (κ3) is 8.57. The summed E-state index contributed by atoms with van der Waals surface area (Å²) in [5.41, 5.74) is 0. The molecule has 0 aliphatic heterocycles. The Morgan fingerprint density at radius 2 is 1.75 bits per heavy atom. The summed E-state index contributed by atoms with van der Waals surface area (Å²) in [6.45, 7) is 5.59. The van der Waals surface area contributed by atoms with Gasteiger partial charge in [0.25, 0.3) is 0 Å². The summed E-state index contributed by atoms with van der Waals surface area (Å²) in [7, 11) is 0. The maximum atomic E-state index is 11.9. The van der Waals surface area contributed by atoms with E-state index in [0.29, 0.717) is 6.61 Å². The maximum absolute atomic E-state index is 11.9. The Labute approximate surface area is 124 Å². The number of esters is 1. The van der Waals surface area contributed by atoms with Crippen molar-refractivity contribution < 1.29 is 9.53 Å². The molecule has 0 saturated heterocycles. The monoisotopic (exact) mass is 283 g/mol. The van der Waals surface area contributed by atoms with E-state index >= 15 is 0 Å². The SMILES string of the molecule is CCCCCCCCCC(NCC1CC1)C(=O)OCC. The molecule has 1 aliphatic rings. The molecule has 1 fully saturated rings. The van der Waals surface area contributed by atoms with E-state index in [0.717, 1.165) is 25.3 Å². The van der Waals surface area contributed by atoms with Crippen molar-refractivity contribution in [1.82, 2.24) is 5.32 Å². The van der Waals surface area contributed by atoms with Crippen molar-refractivity contribution in [2.24, 2.45) is 5.92 Å². The summed E-state index contributed by atoms with van der Waals surface area (Å²) in [6.07, 6.45) is 12.6. The number of hydrogen-bond donors (Lipinski definition) is 1. The molecule has 0 aromatic heterocycles. The maximum Gasteiger partial charge on any atom is 0.323 e. The first-order valence-electron chi connectivity index (χ1n) is 8.68. The number of rotatable bonds is 13. The van der Waals surface area contributed by atoms with E-state index in [1.165, 1.54) is 51.4 Å². The molecule has 0 bridgehead atoms. The molecular weight excluding hydrogens is 250 g/mol. The molecule has 0 aromatic rings. The van der Waals surface area contributed by atoms with Crippen LogP contribution in [0.1, 0.15) is 78.1 Å². The largest absolute Gasteiger partial charge is 0.465 e. The van der Waals surface area contributed by atoms with E-state index in [4.69, 9.17) is 4.74 Å². The zero-order valence-electron chi connectivity index (χ0n) is 13.5. The van der Waals surface area contributed by atoms with E-state index in [1.807, 2.05) is 6.92 Å². The number of hydrogen-bond acceptors (Lipinski definition) is 3. The van der Waals surface area contributed by atoms with Crippen LogP contribution in [0.3, 0.4) is 0 Å². The number of nitrogens with one attached hydrogen (secondary N) is 1. The van der Waals surface area contributed by atoms with Crippen molar-refractivity contribution in [3.05, 3.63) is 0 Å². The van der Waals surface area contributed by atoms with Gasteiger partial charge in [0.15, 0.2) is 0 Å². The topological polar surface area (TPSA) is 38.3 Å². The number of unbranched alkanes of at least 4 members (excludes halogenated alkanes) is 6. The summed E-state index contributed by atoms with van der Waals surface area (Å²) in [5.74, 6) is 0.750. The van der Waals surface area contributed by atoms with Crippen LogP contribution in [0.5, 0.6) is 0 Å². The summed E-state index contributed by atoms with van der Waals surface area (Å²) in [5, 5.41) is 3.40. The van der Waals surface area contributed by atoms with Gasteiger partial charge in [0.1, 0.15) is 6.04 Å². The molecule has 0 amide bonds. The van der Waals surface area contributed by atoms with Crippen LogP contribution in [-0.2, 0) is 9.53 Å². The molecule has 1 N–H and O–H groups in total. The van der Waals surface area contributed by atoms with Gasteiger partial charge in [0.05, 0.1) is 6.61 Å². The molecule has 0 aromatic carbocycles. The Hall–Kier alpha value is -0.570. The van der Waals surface area contributed by atoms with E-state index in [-0.39, 0.29) is 12.0 Å². The quantitative estimate of drug-likeness (QED) is 0.409. The van der Waals surface area contributed by atoms with Crippen molar-refractivity contribution in [3.63, 3.8) is 0 Å². The molecule has 20 heavy (non-hydrogen) atoms. The van der Waals surface area contributed by atoms with Crippen molar-refractivity contribution in [2.75, 3.05) is 13.2 Å². The average Bonchev–Trinajstić information content (AvgIpc) is 3.25. The number of carbonyl (C=O) groups is 1. The van der Waals surface area contributed by atoms with Gasteiger partial charge in [-0.2, -0.15) is 0 Å². The predicted octanol–water partition coefficient (Wildman–Crippen LogP) is 4.06. The Bertz CT molecular complexity index is 251. The van der Waals surface area contributed by atoms with Crippen LogP contribution in [0.15, 0.2) is 0 Å². The fraction of sp³-hybridized carbons (Fsp3) is 0.941. The summed E-state index contributed by atoms with van der Waals surface area (Å²) >= 11 is 0. The van der Waals surface area contributed by atoms with Crippen LogP contribution in [-0.4, -0.2) is 25.2 Å². The highest BCUT2D eigenvalue weighted by Gasteiger charge is 2.25. The molecule has 3 heteroatoms. The second-order valence-electron chi connectivity index (χ2n) is 6.07. The van der Waals surface area contributed by atoms with Crippen molar-refractivity contribution >= 4 is 5.97 Å².